The van der Waals surface area contributed by atoms with E-state index in [2.05, 4.69) is 5.32 Å². The Hall–Kier alpha value is -0.610. The molecule has 0 saturated carbocycles. The fourth-order valence-corrected chi connectivity index (χ4v) is 1.62. The highest BCUT2D eigenvalue weighted by Crippen LogP contribution is 2.20. The van der Waals surface area contributed by atoms with Crippen LogP contribution in [0, 0.1) is 5.92 Å². The molecular weight excluding hydrogens is 182 g/mol. The maximum Gasteiger partial charge on any atom is 0.249 e. The average molecular weight is 201 g/mol. The van der Waals surface area contributed by atoms with Crippen molar-refractivity contribution in [3.8, 4) is 0 Å². The molecular formula is C10H19NO3. The molecule has 0 radical (unpaired) electrons. The first kappa shape index (κ1) is 11.5. The first-order valence-electron chi connectivity index (χ1n) is 5.18. The van der Waals surface area contributed by atoms with Crippen LogP contribution < -0.4 is 5.32 Å². The number of carbonyl (C=O) groups is 1. The minimum Gasteiger partial charge on any atom is -0.396 e. The van der Waals surface area contributed by atoms with E-state index in [4.69, 9.17) is 9.84 Å². The third kappa shape index (κ3) is 2.96. The van der Waals surface area contributed by atoms with Gasteiger partial charge in [-0.15, -0.1) is 0 Å². The zero-order chi connectivity index (χ0) is 10.6. The Balaban J connectivity index is 2.33. The second-order valence-electron chi connectivity index (χ2n) is 3.98. The summed E-state index contributed by atoms with van der Waals surface area (Å²) < 4.78 is 5.33. The topological polar surface area (TPSA) is 58.6 Å². The van der Waals surface area contributed by atoms with Gasteiger partial charge in [-0.1, -0.05) is 6.92 Å². The van der Waals surface area contributed by atoms with Crippen LogP contribution in [-0.4, -0.2) is 36.4 Å². The quantitative estimate of drug-likeness (QED) is 0.687. The molecule has 0 bridgehead atoms. The van der Waals surface area contributed by atoms with Gasteiger partial charge in [0.2, 0.25) is 5.91 Å². The Labute approximate surface area is 84.6 Å². The van der Waals surface area contributed by atoms with Gasteiger partial charge >= 0.3 is 0 Å². The van der Waals surface area contributed by atoms with E-state index in [0.717, 1.165) is 6.42 Å². The van der Waals surface area contributed by atoms with Crippen LogP contribution in [0.2, 0.25) is 0 Å². The largest absolute Gasteiger partial charge is 0.396 e. The van der Waals surface area contributed by atoms with Gasteiger partial charge in [-0.3, -0.25) is 4.79 Å². The molecule has 3 atom stereocenters. The van der Waals surface area contributed by atoms with Crippen LogP contribution in [0.3, 0.4) is 0 Å². The fraction of sp³-hybridized carbons (Fsp3) is 0.900. The summed E-state index contributed by atoms with van der Waals surface area (Å²) in [7, 11) is 0. The molecule has 0 spiro atoms. The fourth-order valence-electron chi connectivity index (χ4n) is 1.62. The van der Waals surface area contributed by atoms with E-state index in [1.54, 1.807) is 0 Å². The SMILES string of the molecule is CC(CCO)NC(=O)C1OCCC1C. The highest BCUT2D eigenvalue weighted by atomic mass is 16.5. The minimum atomic E-state index is -0.295. The summed E-state index contributed by atoms with van der Waals surface area (Å²) in [4.78, 5) is 11.6. The first-order chi connectivity index (χ1) is 6.65. The van der Waals surface area contributed by atoms with Crippen molar-refractivity contribution in [3.63, 3.8) is 0 Å². The Morgan fingerprint density at radius 1 is 1.71 bits per heavy atom. The Kier molecular flexibility index (Phi) is 4.35. The van der Waals surface area contributed by atoms with Crippen molar-refractivity contribution in [2.45, 2.75) is 38.8 Å². The zero-order valence-corrected chi connectivity index (χ0v) is 8.82. The van der Waals surface area contributed by atoms with Crippen molar-refractivity contribution in [1.29, 1.82) is 0 Å². The van der Waals surface area contributed by atoms with Gasteiger partial charge in [0.25, 0.3) is 0 Å². The number of hydrogen-bond acceptors (Lipinski definition) is 3. The van der Waals surface area contributed by atoms with Crippen LogP contribution >= 0.6 is 0 Å². The summed E-state index contributed by atoms with van der Waals surface area (Å²) in [6.45, 7) is 4.68. The summed E-state index contributed by atoms with van der Waals surface area (Å²) in [5.41, 5.74) is 0. The molecule has 1 aliphatic rings. The molecule has 0 aromatic heterocycles. The summed E-state index contributed by atoms with van der Waals surface area (Å²) in [5, 5.41) is 11.5. The minimum absolute atomic E-state index is 0.0175. The van der Waals surface area contributed by atoms with E-state index in [1.165, 1.54) is 0 Å². The number of aliphatic hydroxyl groups is 1. The smallest absolute Gasteiger partial charge is 0.249 e. The van der Waals surface area contributed by atoms with Crippen molar-refractivity contribution in [1.82, 2.24) is 5.32 Å². The standard InChI is InChI=1S/C10H19NO3/c1-7-4-6-14-9(7)10(13)11-8(2)3-5-12/h7-9,12H,3-6H2,1-2H3,(H,11,13). The lowest BCUT2D eigenvalue weighted by atomic mass is 10.0. The number of carbonyl (C=O) groups excluding carboxylic acids is 1. The van der Waals surface area contributed by atoms with Crippen LogP contribution in [0.5, 0.6) is 0 Å². The molecule has 1 heterocycles. The van der Waals surface area contributed by atoms with Gasteiger partial charge in [0, 0.05) is 19.3 Å². The predicted molar refractivity (Wildman–Crippen MR) is 52.8 cm³/mol. The number of nitrogens with one attached hydrogen (secondary N) is 1. The van der Waals surface area contributed by atoms with Crippen LogP contribution in [0.15, 0.2) is 0 Å². The maximum absolute atomic E-state index is 11.6. The predicted octanol–water partition coefficient (Wildman–Crippen LogP) is 0.298. The van der Waals surface area contributed by atoms with Crippen LogP contribution in [-0.2, 0) is 9.53 Å². The Bertz CT molecular complexity index is 196. The van der Waals surface area contributed by atoms with Gasteiger partial charge < -0.3 is 15.2 Å². The average Bonchev–Trinajstić information content (AvgIpc) is 2.51. The summed E-state index contributed by atoms with van der Waals surface area (Å²) in [6.07, 6.45) is 1.25. The second kappa shape index (κ2) is 5.32. The first-order valence-corrected chi connectivity index (χ1v) is 5.18. The molecule has 1 fully saturated rings. The number of aliphatic hydroxyl groups excluding tert-OH is 1. The van der Waals surface area contributed by atoms with Crippen molar-refractivity contribution >= 4 is 5.91 Å². The maximum atomic E-state index is 11.6. The number of rotatable bonds is 4. The lowest BCUT2D eigenvalue weighted by Gasteiger charge is -2.18. The van der Waals surface area contributed by atoms with Crippen LogP contribution in [0.4, 0.5) is 0 Å². The summed E-state index contributed by atoms with van der Waals surface area (Å²) >= 11 is 0. The Morgan fingerprint density at radius 3 is 2.93 bits per heavy atom. The van der Waals surface area contributed by atoms with Gasteiger partial charge in [0.1, 0.15) is 6.10 Å². The highest BCUT2D eigenvalue weighted by molar-refractivity contribution is 5.81. The van der Waals surface area contributed by atoms with Gasteiger partial charge in [0.15, 0.2) is 0 Å². The molecule has 1 aliphatic heterocycles. The van der Waals surface area contributed by atoms with Gasteiger partial charge in [-0.25, -0.2) is 0 Å². The molecule has 4 heteroatoms. The number of amides is 1. The third-order valence-corrected chi connectivity index (χ3v) is 2.60. The molecule has 14 heavy (non-hydrogen) atoms. The van der Waals surface area contributed by atoms with Crippen molar-refractivity contribution in [3.05, 3.63) is 0 Å². The molecule has 4 nitrogen and oxygen atoms in total. The van der Waals surface area contributed by atoms with Crippen LogP contribution in [0.1, 0.15) is 26.7 Å². The normalized spacial score (nSPS) is 28.8. The van der Waals surface area contributed by atoms with E-state index in [0.29, 0.717) is 18.9 Å². The highest BCUT2D eigenvalue weighted by Gasteiger charge is 2.31. The molecule has 0 aromatic carbocycles. The summed E-state index contributed by atoms with van der Waals surface area (Å²) in [5.74, 6) is 0.257. The molecule has 1 amide bonds. The van der Waals surface area contributed by atoms with E-state index >= 15 is 0 Å². The van der Waals surface area contributed by atoms with Gasteiger partial charge in [-0.05, 0) is 25.7 Å². The molecule has 0 aromatic rings. The molecule has 1 rings (SSSR count). The molecule has 2 N–H and O–H groups in total. The molecule has 82 valence electrons. The van der Waals surface area contributed by atoms with Crippen molar-refractivity contribution < 1.29 is 14.6 Å². The van der Waals surface area contributed by atoms with Gasteiger partial charge in [-0.2, -0.15) is 0 Å². The van der Waals surface area contributed by atoms with E-state index in [1.807, 2.05) is 13.8 Å². The lowest BCUT2D eigenvalue weighted by Crippen LogP contribution is -2.42. The lowest BCUT2D eigenvalue weighted by molar-refractivity contribution is -0.132. The van der Waals surface area contributed by atoms with Crippen LogP contribution in [0.25, 0.3) is 0 Å². The van der Waals surface area contributed by atoms with E-state index in [-0.39, 0.29) is 24.7 Å². The number of hydrogen-bond donors (Lipinski definition) is 2. The van der Waals surface area contributed by atoms with E-state index in [9.17, 15) is 4.79 Å². The Morgan fingerprint density at radius 2 is 2.43 bits per heavy atom. The summed E-state index contributed by atoms with van der Waals surface area (Å²) in [6, 6.07) is 0.0175. The monoisotopic (exact) mass is 201 g/mol. The second-order valence-corrected chi connectivity index (χ2v) is 3.98. The molecule has 1 saturated heterocycles. The van der Waals surface area contributed by atoms with Crippen molar-refractivity contribution in [2.75, 3.05) is 13.2 Å². The molecule has 3 unspecified atom stereocenters. The number of ether oxygens (including phenoxy) is 1. The zero-order valence-electron chi connectivity index (χ0n) is 8.82. The third-order valence-electron chi connectivity index (χ3n) is 2.60. The molecule has 0 aliphatic carbocycles. The van der Waals surface area contributed by atoms with Gasteiger partial charge in [0.05, 0.1) is 0 Å². The van der Waals surface area contributed by atoms with Crippen molar-refractivity contribution in [2.24, 2.45) is 5.92 Å². The van der Waals surface area contributed by atoms with E-state index < -0.39 is 0 Å².